The van der Waals surface area contributed by atoms with E-state index in [4.69, 9.17) is 0 Å². The Balaban J connectivity index is 2.29. The van der Waals surface area contributed by atoms with Crippen LogP contribution in [0.1, 0.15) is 20.3 Å². The first kappa shape index (κ1) is 13.9. The standard InChI is InChI=1S/C13H19NO2S/c1-11(2)10-17(16)9-8-13(15)14-12-6-4-3-5-7-12/h3-7,11H,8-10H2,1-2H3,(H,14,15). The van der Waals surface area contributed by atoms with E-state index in [0.717, 1.165) is 5.69 Å². The number of anilines is 1. The normalized spacial score (nSPS) is 12.4. The SMILES string of the molecule is CC(C)CS(=O)CCC(=O)Nc1ccccc1. The van der Waals surface area contributed by atoms with Crippen LogP contribution in [0.5, 0.6) is 0 Å². The summed E-state index contributed by atoms with van der Waals surface area (Å²) in [6.45, 7) is 4.06. The summed E-state index contributed by atoms with van der Waals surface area (Å²) in [7, 11) is -0.890. The molecule has 1 N–H and O–H groups in total. The molecule has 0 aliphatic carbocycles. The molecular weight excluding hydrogens is 234 g/mol. The van der Waals surface area contributed by atoms with Gasteiger partial charge in [0.1, 0.15) is 0 Å². The van der Waals surface area contributed by atoms with Crippen LogP contribution in [0.25, 0.3) is 0 Å². The highest BCUT2D eigenvalue weighted by Gasteiger charge is 2.07. The Morgan fingerprint density at radius 1 is 1.29 bits per heavy atom. The molecule has 0 fully saturated rings. The molecule has 1 amide bonds. The van der Waals surface area contributed by atoms with Gasteiger partial charge in [-0.25, -0.2) is 0 Å². The third kappa shape index (κ3) is 6.22. The van der Waals surface area contributed by atoms with Gasteiger partial charge in [0.15, 0.2) is 0 Å². The maximum absolute atomic E-state index is 11.6. The van der Waals surface area contributed by atoms with Crippen LogP contribution in [0.15, 0.2) is 30.3 Å². The van der Waals surface area contributed by atoms with Gasteiger partial charge in [-0.15, -0.1) is 0 Å². The fraction of sp³-hybridized carbons (Fsp3) is 0.462. The van der Waals surface area contributed by atoms with Crippen molar-refractivity contribution in [3.8, 4) is 0 Å². The monoisotopic (exact) mass is 253 g/mol. The molecule has 94 valence electrons. The summed E-state index contributed by atoms with van der Waals surface area (Å²) < 4.78 is 11.5. The molecule has 0 bridgehead atoms. The van der Waals surface area contributed by atoms with E-state index in [9.17, 15) is 9.00 Å². The average Bonchev–Trinajstić information content (AvgIpc) is 2.27. The van der Waals surface area contributed by atoms with Crippen LogP contribution in [0.2, 0.25) is 0 Å². The van der Waals surface area contributed by atoms with Crippen molar-refractivity contribution in [1.82, 2.24) is 0 Å². The number of para-hydroxylation sites is 1. The summed E-state index contributed by atoms with van der Waals surface area (Å²) in [5.41, 5.74) is 0.784. The van der Waals surface area contributed by atoms with Gasteiger partial charge >= 0.3 is 0 Å². The van der Waals surface area contributed by atoms with Crippen molar-refractivity contribution in [2.45, 2.75) is 20.3 Å². The van der Waals surface area contributed by atoms with E-state index in [1.165, 1.54) is 0 Å². The first-order chi connectivity index (χ1) is 8.08. The maximum Gasteiger partial charge on any atom is 0.225 e. The van der Waals surface area contributed by atoms with Crippen LogP contribution >= 0.6 is 0 Å². The van der Waals surface area contributed by atoms with Crippen molar-refractivity contribution in [1.29, 1.82) is 0 Å². The zero-order valence-corrected chi connectivity index (χ0v) is 11.1. The molecule has 17 heavy (non-hydrogen) atoms. The van der Waals surface area contributed by atoms with E-state index in [1.54, 1.807) is 0 Å². The summed E-state index contributed by atoms with van der Waals surface area (Å²) in [6, 6.07) is 9.30. The van der Waals surface area contributed by atoms with E-state index in [0.29, 0.717) is 23.8 Å². The highest BCUT2D eigenvalue weighted by molar-refractivity contribution is 7.85. The predicted octanol–water partition coefficient (Wildman–Crippen LogP) is 2.42. The lowest BCUT2D eigenvalue weighted by Gasteiger charge is -2.06. The second-order valence-electron chi connectivity index (χ2n) is 4.37. The molecule has 4 heteroatoms. The quantitative estimate of drug-likeness (QED) is 0.846. The molecule has 0 aliphatic heterocycles. The highest BCUT2D eigenvalue weighted by atomic mass is 32.2. The minimum Gasteiger partial charge on any atom is -0.326 e. The minimum atomic E-state index is -0.890. The van der Waals surface area contributed by atoms with Gasteiger partial charge in [-0.2, -0.15) is 0 Å². The Bertz CT molecular complexity index is 376. The van der Waals surface area contributed by atoms with Gasteiger partial charge in [-0.05, 0) is 18.1 Å². The molecule has 0 saturated heterocycles. The molecule has 0 spiro atoms. The van der Waals surface area contributed by atoms with Crippen LogP contribution < -0.4 is 5.32 Å². The molecule has 0 heterocycles. The molecule has 1 atom stereocenters. The van der Waals surface area contributed by atoms with E-state index >= 15 is 0 Å². The number of hydrogen-bond donors (Lipinski definition) is 1. The summed E-state index contributed by atoms with van der Waals surface area (Å²) in [5.74, 6) is 1.44. The number of rotatable bonds is 6. The zero-order chi connectivity index (χ0) is 12.7. The van der Waals surface area contributed by atoms with E-state index in [-0.39, 0.29) is 5.91 Å². The largest absolute Gasteiger partial charge is 0.326 e. The van der Waals surface area contributed by atoms with E-state index in [2.05, 4.69) is 5.32 Å². The van der Waals surface area contributed by atoms with Gasteiger partial charge in [-0.3, -0.25) is 9.00 Å². The molecule has 3 nitrogen and oxygen atoms in total. The lowest BCUT2D eigenvalue weighted by atomic mass is 10.3. The first-order valence-corrected chi connectivity index (χ1v) is 7.26. The molecule has 0 saturated carbocycles. The Morgan fingerprint density at radius 2 is 1.94 bits per heavy atom. The molecule has 1 aromatic carbocycles. The molecule has 0 aliphatic rings. The second kappa shape index (κ2) is 7.22. The topological polar surface area (TPSA) is 46.2 Å². The number of carbonyl (C=O) groups excluding carboxylic acids is 1. The van der Waals surface area contributed by atoms with Crippen LogP contribution in [-0.4, -0.2) is 21.6 Å². The molecule has 0 aromatic heterocycles. The van der Waals surface area contributed by atoms with Crippen molar-refractivity contribution in [3.63, 3.8) is 0 Å². The number of carbonyl (C=O) groups is 1. The van der Waals surface area contributed by atoms with Crippen molar-refractivity contribution in [2.75, 3.05) is 16.8 Å². The number of benzene rings is 1. The lowest BCUT2D eigenvalue weighted by molar-refractivity contribution is -0.115. The summed E-state index contributed by atoms with van der Waals surface area (Å²) >= 11 is 0. The van der Waals surface area contributed by atoms with Crippen molar-refractivity contribution in [2.24, 2.45) is 5.92 Å². The summed E-state index contributed by atoms with van der Waals surface area (Å²) in [5, 5.41) is 2.78. The molecular formula is C13H19NO2S. The summed E-state index contributed by atoms with van der Waals surface area (Å²) in [6.07, 6.45) is 0.314. The molecule has 1 rings (SSSR count). The van der Waals surface area contributed by atoms with Gasteiger partial charge < -0.3 is 5.32 Å². The van der Waals surface area contributed by atoms with Crippen molar-refractivity contribution < 1.29 is 9.00 Å². The fourth-order valence-electron chi connectivity index (χ4n) is 1.41. The minimum absolute atomic E-state index is 0.0756. The lowest BCUT2D eigenvalue weighted by Crippen LogP contribution is -2.16. The highest BCUT2D eigenvalue weighted by Crippen LogP contribution is 2.06. The summed E-state index contributed by atoms with van der Waals surface area (Å²) in [4.78, 5) is 11.6. The number of amides is 1. The van der Waals surface area contributed by atoms with Crippen molar-refractivity contribution >= 4 is 22.4 Å². The average molecular weight is 253 g/mol. The third-order valence-electron chi connectivity index (χ3n) is 2.13. The van der Waals surface area contributed by atoms with Crippen LogP contribution in [0.4, 0.5) is 5.69 Å². The Labute approximate surface area is 105 Å². The Hall–Kier alpha value is -1.16. The molecule has 1 unspecified atom stereocenters. The third-order valence-corrected chi connectivity index (χ3v) is 3.83. The Kier molecular flexibility index (Phi) is 5.91. The molecule has 0 radical (unpaired) electrons. The van der Waals surface area contributed by atoms with E-state index < -0.39 is 10.8 Å². The van der Waals surface area contributed by atoms with Gasteiger partial charge in [-0.1, -0.05) is 32.0 Å². The van der Waals surface area contributed by atoms with E-state index in [1.807, 2.05) is 44.2 Å². The smallest absolute Gasteiger partial charge is 0.225 e. The maximum atomic E-state index is 11.6. The van der Waals surface area contributed by atoms with Crippen molar-refractivity contribution in [3.05, 3.63) is 30.3 Å². The van der Waals surface area contributed by atoms with Crippen LogP contribution in [-0.2, 0) is 15.6 Å². The first-order valence-electron chi connectivity index (χ1n) is 5.78. The van der Waals surface area contributed by atoms with Crippen LogP contribution in [0, 0.1) is 5.92 Å². The van der Waals surface area contributed by atoms with Gasteiger partial charge in [0.05, 0.1) is 0 Å². The second-order valence-corrected chi connectivity index (χ2v) is 5.99. The van der Waals surface area contributed by atoms with Gasteiger partial charge in [0.2, 0.25) is 5.91 Å². The van der Waals surface area contributed by atoms with Crippen LogP contribution in [0.3, 0.4) is 0 Å². The number of nitrogens with one attached hydrogen (secondary N) is 1. The van der Waals surface area contributed by atoms with Gasteiger partial charge in [0.25, 0.3) is 0 Å². The van der Waals surface area contributed by atoms with Gasteiger partial charge in [0, 0.05) is 34.4 Å². The zero-order valence-electron chi connectivity index (χ0n) is 10.3. The molecule has 1 aromatic rings. The Morgan fingerprint density at radius 3 is 2.53 bits per heavy atom. The number of hydrogen-bond acceptors (Lipinski definition) is 2. The fourth-order valence-corrected chi connectivity index (χ4v) is 2.73. The predicted molar refractivity (Wildman–Crippen MR) is 72.4 cm³/mol.